The van der Waals surface area contributed by atoms with Gasteiger partial charge in [0.1, 0.15) is 0 Å². The molecule has 20 heavy (non-hydrogen) atoms. The highest BCUT2D eigenvalue weighted by Crippen LogP contribution is 2.34. The molecule has 0 atom stereocenters. The third kappa shape index (κ3) is 1.89. The molecule has 6 heteroatoms. The number of benzene rings is 3. The van der Waals surface area contributed by atoms with Crippen LogP contribution in [0.15, 0.2) is 54.6 Å². The SMILES string of the molecule is [B]1N[B]N(c2c3ccccc3cc3ccccc23)[B]N1. The second-order valence-electron chi connectivity index (χ2n) is 4.81. The number of rotatable bonds is 1. The van der Waals surface area contributed by atoms with Crippen molar-refractivity contribution in [2.75, 3.05) is 4.72 Å². The van der Waals surface area contributed by atoms with Crippen LogP contribution in [-0.2, 0) is 0 Å². The van der Waals surface area contributed by atoms with Crippen LogP contribution in [0.4, 0.5) is 5.69 Å². The first-order valence-electron chi connectivity index (χ1n) is 6.63. The fraction of sp³-hybridized carbons (Fsp3) is 0. The zero-order valence-electron chi connectivity index (χ0n) is 10.9. The van der Waals surface area contributed by atoms with Gasteiger partial charge in [0.05, 0.1) is 0 Å². The zero-order chi connectivity index (χ0) is 13.4. The van der Waals surface area contributed by atoms with Gasteiger partial charge < -0.3 is 15.0 Å². The minimum absolute atomic E-state index is 1.19. The van der Waals surface area contributed by atoms with Crippen molar-refractivity contribution in [3.8, 4) is 0 Å². The van der Waals surface area contributed by atoms with Crippen molar-refractivity contribution in [2.45, 2.75) is 0 Å². The van der Waals surface area contributed by atoms with E-state index in [2.05, 4.69) is 69.6 Å². The predicted octanol–water partition coefficient (Wildman–Crippen LogP) is 1.59. The quantitative estimate of drug-likeness (QED) is 0.510. The molecule has 1 aliphatic heterocycles. The smallest absolute Gasteiger partial charge is 0.324 e. The third-order valence-corrected chi connectivity index (χ3v) is 3.59. The van der Waals surface area contributed by atoms with E-state index in [0.717, 1.165) is 0 Å². The van der Waals surface area contributed by atoms with Crippen LogP contribution in [0.2, 0.25) is 0 Å². The van der Waals surface area contributed by atoms with Crippen LogP contribution in [0.3, 0.4) is 0 Å². The fourth-order valence-corrected chi connectivity index (χ4v) is 2.72. The van der Waals surface area contributed by atoms with E-state index in [1.54, 1.807) is 7.55 Å². The van der Waals surface area contributed by atoms with Gasteiger partial charge in [-0.3, -0.25) is 0 Å². The first kappa shape index (κ1) is 11.9. The van der Waals surface area contributed by atoms with Crippen molar-refractivity contribution in [1.82, 2.24) is 10.3 Å². The van der Waals surface area contributed by atoms with Gasteiger partial charge in [-0.1, -0.05) is 48.5 Å². The summed E-state index contributed by atoms with van der Waals surface area (Å²) in [5.74, 6) is 0. The Hall–Kier alpha value is -1.91. The highest BCUT2D eigenvalue weighted by molar-refractivity contribution is 6.74. The van der Waals surface area contributed by atoms with Gasteiger partial charge in [0.15, 0.2) is 0 Å². The van der Waals surface area contributed by atoms with Crippen molar-refractivity contribution in [3.05, 3.63) is 54.6 Å². The highest BCUT2D eigenvalue weighted by atomic mass is 15.1. The Morgan fingerprint density at radius 3 is 1.90 bits per heavy atom. The second kappa shape index (κ2) is 4.89. The molecule has 3 aromatic rings. The number of hydrogen-bond donors (Lipinski definition) is 2. The average molecular weight is 254 g/mol. The molecule has 1 heterocycles. The Labute approximate surface area is 120 Å². The summed E-state index contributed by atoms with van der Waals surface area (Å²) in [6.07, 6.45) is 0. The van der Waals surface area contributed by atoms with E-state index >= 15 is 0 Å². The maximum atomic E-state index is 3.10. The summed E-state index contributed by atoms with van der Waals surface area (Å²) in [6, 6.07) is 19.2. The summed E-state index contributed by atoms with van der Waals surface area (Å²) in [7, 11) is 5.69. The largest absolute Gasteiger partial charge is 0.441 e. The van der Waals surface area contributed by atoms with E-state index in [4.69, 9.17) is 0 Å². The minimum atomic E-state index is 1.19. The van der Waals surface area contributed by atoms with Crippen LogP contribution in [0, 0.1) is 0 Å². The molecule has 3 nitrogen and oxygen atoms in total. The summed E-state index contributed by atoms with van der Waals surface area (Å²) in [6.45, 7) is 0. The lowest BCUT2D eigenvalue weighted by Gasteiger charge is -2.30. The number of anilines is 1. The topological polar surface area (TPSA) is 27.3 Å². The molecule has 1 aliphatic rings. The normalized spacial score (nSPS) is 14.7. The predicted molar refractivity (Wildman–Crippen MR) is 87.5 cm³/mol. The zero-order valence-corrected chi connectivity index (χ0v) is 10.9. The van der Waals surface area contributed by atoms with Crippen LogP contribution in [0.5, 0.6) is 0 Å². The van der Waals surface area contributed by atoms with Crippen LogP contribution >= 0.6 is 0 Å². The van der Waals surface area contributed by atoms with Gasteiger partial charge in [-0.15, -0.1) is 0 Å². The fourth-order valence-electron chi connectivity index (χ4n) is 2.72. The number of nitrogens with one attached hydrogen (secondary N) is 2. The second-order valence-corrected chi connectivity index (χ2v) is 4.81. The molecule has 3 aromatic carbocycles. The summed E-state index contributed by atoms with van der Waals surface area (Å²) in [5, 5.41) is 11.2. The Kier molecular flexibility index (Phi) is 2.91. The van der Waals surface area contributed by atoms with Crippen LogP contribution in [0.25, 0.3) is 21.5 Å². The molecule has 0 aromatic heterocycles. The number of hydrogen-bond acceptors (Lipinski definition) is 3. The molecule has 1 fully saturated rings. The van der Waals surface area contributed by atoms with E-state index in [1.165, 1.54) is 27.2 Å². The van der Waals surface area contributed by atoms with E-state index < -0.39 is 0 Å². The van der Waals surface area contributed by atoms with E-state index in [1.807, 2.05) is 15.1 Å². The number of nitrogens with zero attached hydrogens (tertiary/aromatic N) is 1. The molecule has 3 radical (unpaired) electrons. The molecule has 0 bridgehead atoms. The minimum Gasteiger partial charge on any atom is -0.441 e. The maximum Gasteiger partial charge on any atom is 0.324 e. The average Bonchev–Trinajstić information content (AvgIpc) is 2.53. The van der Waals surface area contributed by atoms with Crippen molar-refractivity contribution in [1.29, 1.82) is 0 Å². The maximum absolute atomic E-state index is 3.10. The van der Waals surface area contributed by atoms with Crippen LogP contribution < -0.4 is 15.0 Å². The van der Waals surface area contributed by atoms with Gasteiger partial charge in [-0.25, -0.2) is 0 Å². The van der Waals surface area contributed by atoms with Crippen molar-refractivity contribution in [2.24, 2.45) is 0 Å². The molecule has 0 amide bonds. The van der Waals surface area contributed by atoms with Gasteiger partial charge in [0.2, 0.25) is 0 Å². The Morgan fingerprint density at radius 2 is 1.30 bits per heavy atom. The molecular weight excluding hydrogens is 243 g/mol. The van der Waals surface area contributed by atoms with E-state index in [-0.39, 0.29) is 0 Å². The molecule has 91 valence electrons. The van der Waals surface area contributed by atoms with Gasteiger partial charge in [0.25, 0.3) is 7.55 Å². The summed E-state index contributed by atoms with van der Waals surface area (Å²) in [5.41, 5.74) is 1.19. The standard InChI is InChI=1S/C14H11B3N3/c1-3-7-12-10(5-1)9-11-6-2-4-8-13(11)14(12)20-16-18-15-19-17-20/h1-9,18-19H. The van der Waals surface area contributed by atoms with Gasteiger partial charge in [-0.2, -0.15) is 0 Å². The highest BCUT2D eigenvalue weighted by Gasteiger charge is 2.19. The molecule has 1 saturated heterocycles. The lowest BCUT2D eigenvalue weighted by Crippen LogP contribution is -2.58. The molecular formula is C14H11B3N3. The molecule has 2 N–H and O–H groups in total. The first-order valence-corrected chi connectivity index (χ1v) is 6.63. The summed E-state index contributed by atoms with van der Waals surface area (Å²) in [4.78, 5) is 0. The summed E-state index contributed by atoms with van der Waals surface area (Å²) >= 11 is 0. The lowest BCUT2D eigenvalue weighted by molar-refractivity contribution is 1.32. The molecule has 0 aliphatic carbocycles. The molecule has 0 spiro atoms. The van der Waals surface area contributed by atoms with Crippen molar-refractivity contribution in [3.63, 3.8) is 0 Å². The van der Waals surface area contributed by atoms with Crippen molar-refractivity contribution >= 4 is 49.9 Å². The first-order chi connectivity index (χ1) is 9.93. The Bertz CT molecular complexity index is 718. The number of fused-ring (bicyclic) bond motifs is 2. The monoisotopic (exact) mass is 254 g/mol. The van der Waals surface area contributed by atoms with Gasteiger partial charge >= 0.3 is 15.1 Å². The Balaban J connectivity index is 2.06. The van der Waals surface area contributed by atoms with E-state index in [0.29, 0.717) is 0 Å². The van der Waals surface area contributed by atoms with Crippen molar-refractivity contribution < 1.29 is 0 Å². The van der Waals surface area contributed by atoms with Crippen LogP contribution in [-0.4, -0.2) is 22.6 Å². The third-order valence-electron chi connectivity index (χ3n) is 3.59. The molecule has 4 rings (SSSR count). The van der Waals surface area contributed by atoms with E-state index in [9.17, 15) is 0 Å². The van der Waals surface area contributed by atoms with Gasteiger partial charge in [0, 0.05) is 16.5 Å². The van der Waals surface area contributed by atoms with Gasteiger partial charge in [-0.05, 0) is 16.8 Å². The summed E-state index contributed by atoms with van der Waals surface area (Å²) < 4.78 is 2.09. The molecule has 0 saturated carbocycles. The molecule has 0 unspecified atom stereocenters. The lowest BCUT2D eigenvalue weighted by atomic mass is 9.79. The Morgan fingerprint density at radius 1 is 0.750 bits per heavy atom. The van der Waals surface area contributed by atoms with Crippen LogP contribution in [0.1, 0.15) is 0 Å².